The van der Waals surface area contributed by atoms with E-state index in [0.717, 1.165) is 57.6 Å². The number of rotatable bonds is 12. The lowest BCUT2D eigenvalue weighted by atomic mass is 9.94. The molecule has 10 heteroatoms. The van der Waals surface area contributed by atoms with Gasteiger partial charge in [0.15, 0.2) is 0 Å². The summed E-state index contributed by atoms with van der Waals surface area (Å²) >= 11 is 9.75. The van der Waals surface area contributed by atoms with Crippen LogP contribution in [0.4, 0.5) is 5.69 Å². The number of carbonyl (C=O) groups excluding carboxylic acids is 2. The van der Waals surface area contributed by atoms with Crippen molar-refractivity contribution in [3.05, 3.63) is 129 Å². The number of nitrogens with zero attached hydrogens (tertiary/aromatic N) is 2. The predicted molar refractivity (Wildman–Crippen MR) is 196 cm³/mol. The van der Waals surface area contributed by atoms with E-state index in [1.54, 1.807) is 49.4 Å². The third-order valence-electron chi connectivity index (χ3n) is 8.80. The summed E-state index contributed by atoms with van der Waals surface area (Å²) in [5.41, 5.74) is 3.55. The average molecular weight is 751 g/mol. The van der Waals surface area contributed by atoms with E-state index in [-0.39, 0.29) is 29.8 Å². The van der Waals surface area contributed by atoms with Crippen molar-refractivity contribution in [3.63, 3.8) is 0 Å². The van der Waals surface area contributed by atoms with Crippen LogP contribution in [0.2, 0.25) is 5.02 Å². The molecule has 1 fully saturated rings. The van der Waals surface area contributed by atoms with Gasteiger partial charge in [-0.2, -0.15) is 0 Å². The number of hydrogen-bond acceptors (Lipinski definition) is 4. The molecular formula is C38H41BrClN3O4S. The van der Waals surface area contributed by atoms with Crippen LogP contribution in [0.1, 0.15) is 54.4 Å². The molecule has 1 unspecified atom stereocenters. The predicted octanol–water partition coefficient (Wildman–Crippen LogP) is 8.00. The van der Waals surface area contributed by atoms with Crippen molar-refractivity contribution >= 4 is 55.1 Å². The number of nitrogens with one attached hydrogen (secondary N) is 1. The zero-order valence-corrected chi connectivity index (χ0v) is 30.4. The molecule has 5 rings (SSSR count). The Kier molecular flexibility index (Phi) is 12.0. The summed E-state index contributed by atoms with van der Waals surface area (Å²) in [6.07, 6.45) is 5.28. The van der Waals surface area contributed by atoms with Gasteiger partial charge in [-0.05, 0) is 85.8 Å². The van der Waals surface area contributed by atoms with Gasteiger partial charge >= 0.3 is 0 Å². The molecule has 48 heavy (non-hydrogen) atoms. The van der Waals surface area contributed by atoms with Crippen LogP contribution in [0.15, 0.2) is 106 Å². The lowest BCUT2D eigenvalue weighted by Crippen LogP contribution is -2.55. The summed E-state index contributed by atoms with van der Waals surface area (Å²) in [6.45, 7) is 3.24. The Balaban J connectivity index is 1.58. The largest absolute Gasteiger partial charge is 0.352 e. The fourth-order valence-corrected chi connectivity index (χ4v) is 8.10. The van der Waals surface area contributed by atoms with Crippen molar-refractivity contribution in [2.75, 3.05) is 10.8 Å². The summed E-state index contributed by atoms with van der Waals surface area (Å²) in [5, 5.41) is 3.70. The van der Waals surface area contributed by atoms with Crippen LogP contribution in [0.25, 0.3) is 0 Å². The lowest BCUT2D eigenvalue weighted by molar-refractivity contribution is -0.140. The standard InChI is InChI=1S/C38H41BrClN3O4S/c1-27-13-20-34(21-14-27)48(46,47)43(35-22-19-32(40)23-28(35)2)26-37(44)42(25-30-15-17-31(39)18-16-30)36(24-29-9-5-3-6-10-29)38(45)41-33-11-7-4-8-12-33/h3,5-6,9-10,13-23,33,36H,4,7-8,11-12,24-26H2,1-2H3,(H,41,45). The van der Waals surface area contributed by atoms with Crippen molar-refractivity contribution < 1.29 is 18.0 Å². The Hall–Kier alpha value is -3.66. The van der Waals surface area contributed by atoms with Crippen molar-refractivity contribution in [1.82, 2.24) is 10.2 Å². The van der Waals surface area contributed by atoms with Crippen LogP contribution in [0.5, 0.6) is 0 Å². The highest BCUT2D eigenvalue weighted by atomic mass is 79.9. The number of benzene rings is 4. The second kappa shape index (κ2) is 16.2. The van der Waals surface area contributed by atoms with Crippen molar-refractivity contribution in [3.8, 4) is 0 Å². The summed E-state index contributed by atoms with van der Waals surface area (Å²) in [5.74, 6) is -0.741. The van der Waals surface area contributed by atoms with Gasteiger partial charge in [0.2, 0.25) is 11.8 Å². The first kappa shape index (κ1) is 35.6. The van der Waals surface area contributed by atoms with Gasteiger partial charge in [0.1, 0.15) is 12.6 Å². The van der Waals surface area contributed by atoms with E-state index in [1.165, 1.54) is 4.90 Å². The molecule has 0 spiro atoms. The van der Waals surface area contributed by atoms with E-state index in [4.69, 9.17) is 11.6 Å². The third kappa shape index (κ3) is 9.07. The number of anilines is 1. The van der Waals surface area contributed by atoms with Crippen molar-refractivity contribution in [1.29, 1.82) is 0 Å². The van der Waals surface area contributed by atoms with E-state index in [1.807, 2.05) is 61.5 Å². The Bertz CT molecular complexity index is 1810. The molecule has 4 aromatic carbocycles. The van der Waals surface area contributed by atoms with Crippen LogP contribution >= 0.6 is 27.5 Å². The first-order valence-electron chi connectivity index (χ1n) is 16.2. The number of sulfonamides is 1. The fourth-order valence-electron chi connectivity index (χ4n) is 6.13. The first-order chi connectivity index (χ1) is 23.0. The smallest absolute Gasteiger partial charge is 0.264 e. The van der Waals surface area contributed by atoms with Gasteiger partial charge in [0, 0.05) is 28.5 Å². The average Bonchev–Trinajstić information content (AvgIpc) is 3.07. The van der Waals surface area contributed by atoms with Gasteiger partial charge in [-0.15, -0.1) is 0 Å². The Morgan fingerprint density at radius 3 is 2.19 bits per heavy atom. The SMILES string of the molecule is Cc1ccc(S(=O)(=O)N(CC(=O)N(Cc2ccc(Br)cc2)C(Cc2ccccc2)C(=O)NC2CCCCC2)c2ccc(Cl)cc2C)cc1. The van der Waals surface area contributed by atoms with E-state index in [0.29, 0.717) is 16.3 Å². The Labute approximate surface area is 297 Å². The number of hydrogen-bond donors (Lipinski definition) is 1. The molecule has 7 nitrogen and oxygen atoms in total. The first-order valence-corrected chi connectivity index (χ1v) is 18.9. The molecular weight excluding hydrogens is 710 g/mol. The second-order valence-electron chi connectivity index (χ2n) is 12.5. The molecule has 1 N–H and O–H groups in total. The van der Waals surface area contributed by atoms with Crippen LogP contribution < -0.4 is 9.62 Å². The maximum atomic E-state index is 14.7. The summed E-state index contributed by atoms with van der Waals surface area (Å²) in [6, 6.07) is 27.8. The topological polar surface area (TPSA) is 86.8 Å². The maximum absolute atomic E-state index is 14.7. The van der Waals surface area contributed by atoms with Crippen molar-refractivity contribution in [2.24, 2.45) is 0 Å². The fraction of sp³-hybridized carbons (Fsp3) is 0.316. The zero-order valence-electron chi connectivity index (χ0n) is 27.2. The molecule has 1 aliphatic carbocycles. The number of aryl methyl sites for hydroxylation is 2. The third-order valence-corrected chi connectivity index (χ3v) is 11.3. The normalized spacial score (nSPS) is 14.2. The lowest BCUT2D eigenvalue weighted by Gasteiger charge is -2.35. The summed E-state index contributed by atoms with van der Waals surface area (Å²) < 4.78 is 30.7. The Morgan fingerprint density at radius 1 is 0.875 bits per heavy atom. The summed E-state index contributed by atoms with van der Waals surface area (Å²) in [4.78, 5) is 30.6. The molecule has 1 atom stereocenters. The highest BCUT2D eigenvalue weighted by Crippen LogP contribution is 2.30. The number of carbonyl (C=O) groups is 2. The van der Waals surface area contributed by atoms with Gasteiger partial charge < -0.3 is 10.2 Å². The molecule has 0 aromatic heterocycles. The van der Waals surface area contributed by atoms with Gasteiger partial charge in [0.25, 0.3) is 10.0 Å². The van der Waals surface area contributed by atoms with Gasteiger partial charge in [0.05, 0.1) is 10.6 Å². The number of halogens is 2. The minimum atomic E-state index is -4.20. The molecule has 0 heterocycles. The van der Waals surface area contributed by atoms with Crippen molar-refractivity contribution in [2.45, 2.75) is 75.9 Å². The number of amides is 2. The van der Waals surface area contributed by atoms with Crippen LogP contribution in [-0.2, 0) is 32.6 Å². The molecule has 0 bridgehead atoms. The van der Waals surface area contributed by atoms with E-state index in [2.05, 4.69) is 21.2 Å². The Morgan fingerprint density at radius 2 is 1.54 bits per heavy atom. The van der Waals surface area contributed by atoms with E-state index in [9.17, 15) is 18.0 Å². The highest BCUT2D eigenvalue weighted by Gasteiger charge is 2.36. The minimum absolute atomic E-state index is 0.0317. The second-order valence-corrected chi connectivity index (χ2v) is 15.7. The van der Waals surface area contributed by atoms with Crippen LogP contribution in [-0.4, -0.2) is 43.8 Å². The van der Waals surface area contributed by atoms with Crippen LogP contribution in [0, 0.1) is 13.8 Å². The molecule has 2 amide bonds. The highest BCUT2D eigenvalue weighted by molar-refractivity contribution is 9.10. The molecule has 0 saturated heterocycles. The zero-order chi connectivity index (χ0) is 34.3. The van der Waals surface area contributed by atoms with Gasteiger partial charge in [-0.1, -0.05) is 107 Å². The molecule has 252 valence electrons. The minimum Gasteiger partial charge on any atom is -0.352 e. The monoisotopic (exact) mass is 749 g/mol. The maximum Gasteiger partial charge on any atom is 0.264 e. The molecule has 1 saturated carbocycles. The van der Waals surface area contributed by atoms with E-state index >= 15 is 0 Å². The molecule has 0 aliphatic heterocycles. The van der Waals surface area contributed by atoms with Gasteiger partial charge in [-0.25, -0.2) is 8.42 Å². The molecule has 0 radical (unpaired) electrons. The van der Waals surface area contributed by atoms with E-state index < -0.39 is 28.5 Å². The molecule has 4 aromatic rings. The summed E-state index contributed by atoms with van der Waals surface area (Å²) in [7, 11) is -4.20. The molecule has 1 aliphatic rings. The quantitative estimate of drug-likeness (QED) is 0.159. The van der Waals surface area contributed by atoms with Gasteiger partial charge in [-0.3, -0.25) is 13.9 Å². The van der Waals surface area contributed by atoms with Crippen LogP contribution in [0.3, 0.4) is 0 Å².